The molecule has 1 aliphatic carbocycles. The molecule has 0 radical (unpaired) electrons. The molecule has 0 atom stereocenters. The molecular formula is C12H16N6S. The molecule has 0 amide bonds. The average molecular weight is 276 g/mol. The summed E-state index contributed by atoms with van der Waals surface area (Å²) >= 11 is 1.74. The first-order valence-corrected chi connectivity index (χ1v) is 7.48. The summed E-state index contributed by atoms with van der Waals surface area (Å²) in [6.07, 6.45) is 4.34. The summed E-state index contributed by atoms with van der Waals surface area (Å²) < 4.78 is 2.11. The molecule has 7 heteroatoms. The maximum Gasteiger partial charge on any atom is 0.186 e. The van der Waals surface area contributed by atoms with Crippen LogP contribution in [-0.4, -0.2) is 26.3 Å². The quantitative estimate of drug-likeness (QED) is 0.908. The summed E-state index contributed by atoms with van der Waals surface area (Å²) in [5.41, 5.74) is 7.09. The van der Waals surface area contributed by atoms with Crippen LogP contribution in [0.1, 0.15) is 35.2 Å². The van der Waals surface area contributed by atoms with Gasteiger partial charge < -0.3 is 15.2 Å². The van der Waals surface area contributed by atoms with Crippen molar-refractivity contribution in [3.63, 3.8) is 0 Å². The highest BCUT2D eigenvalue weighted by Gasteiger charge is 2.30. The minimum absolute atomic E-state index is 0.605. The number of aromatic nitrogens is 4. The molecule has 0 aromatic carbocycles. The lowest BCUT2D eigenvalue weighted by Gasteiger charge is -2.26. The SMILES string of the molecule is NCc1sc(N2CCn3cnnc3C2)nc1C1CC1. The van der Waals surface area contributed by atoms with E-state index in [2.05, 4.69) is 19.7 Å². The van der Waals surface area contributed by atoms with Crippen LogP contribution in [0, 0.1) is 0 Å². The van der Waals surface area contributed by atoms with E-state index in [0.717, 1.165) is 30.6 Å². The van der Waals surface area contributed by atoms with E-state index in [4.69, 9.17) is 10.7 Å². The van der Waals surface area contributed by atoms with Crippen molar-refractivity contribution < 1.29 is 0 Å². The Labute approximate surface area is 115 Å². The van der Waals surface area contributed by atoms with Crippen LogP contribution < -0.4 is 10.6 Å². The molecule has 0 bridgehead atoms. The number of anilines is 1. The third kappa shape index (κ3) is 1.93. The van der Waals surface area contributed by atoms with Gasteiger partial charge in [0.15, 0.2) is 11.0 Å². The van der Waals surface area contributed by atoms with Gasteiger partial charge in [0.05, 0.1) is 12.2 Å². The van der Waals surface area contributed by atoms with E-state index in [0.29, 0.717) is 12.5 Å². The highest BCUT2D eigenvalue weighted by Crippen LogP contribution is 2.44. The average Bonchev–Trinajstić information content (AvgIpc) is 3.03. The molecule has 19 heavy (non-hydrogen) atoms. The van der Waals surface area contributed by atoms with Crippen molar-refractivity contribution in [2.45, 2.75) is 38.4 Å². The Morgan fingerprint density at radius 2 is 2.26 bits per heavy atom. The first-order valence-electron chi connectivity index (χ1n) is 6.66. The van der Waals surface area contributed by atoms with Crippen LogP contribution in [0.2, 0.25) is 0 Å². The zero-order chi connectivity index (χ0) is 12.8. The Hall–Kier alpha value is -1.47. The molecule has 0 saturated heterocycles. The van der Waals surface area contributed by atoms with Crippen molar-refractivity contribution in [2.75, 3.05) is 11.4 Å². The van der Waals surface area contributed by atoms with E-state index >= 15 is 0 Å². The van der Waals surface area contributed by atoms with Gasteiger partial charge in [0, 0.05) is 30.4 Å². The normalized spacial score (nSPS) is 18.7. The van der Waals surface area contributed by atoms with E-state index < -0.39 is 0 Å². The predicted molar refractivity (Wildman–Crippen MR) is 73.1 cm³/mol. The second-order valence-electron chi connectivity index (χ2n) is 5.15. The molecule has 0 spiro atoms. The van der Waals surface area contributed by atoms with Crippen molar-refractivity contribution in [1.82, 2.24) is 19.7 Å². The van der Waals surface area contributed by atoms with Crippen molar-refractivity contribution in [3.8, 4) is 0 Å². The Kier molecular flexibility index (Phi) is 2.56. The van der Waals surface area contributed by atoms with Crippen molar-refractivity contribution >= 4 is 16.5 Å². The molecule has 1 fully saturated rings. The lowest BCUT2D eigenvalue weighted by molar-refractivity contribution is 0.559. The van der Waals surface area contributed by atoms with Crippen LogP contribution in [0.25, 0.3) is 0 Å². The zero-order valence-electron chi connectivity index (χ0n) is 10.6. The number of thiazole rings is 1. The molecule has 0 unspecified atom stereocenters. The van der Waals surface area contributed by atoms with Crippen LogP contribution in [0.4, 0.5) is 5.13 Å². The summed E-state index contributed by atoms with van der Waals surface area (Å²) in [7, 11) is 0. The monoisotopic (exact) mass is 276 g/mol. The highest BCUT2D eigenvalue weighted by molar-refractivity contribution is 7.15. The summed E-state index contributed by atoms with van der Waals surface area (Å²) in [5, 5.41) is 9.21. The van der Waals surface area contributed by atoms with Crippen LogP contribution in [0.5, 0.6) is 0 Å². The fraction of sp³-hybridized carbons (Fsp3) is 0.583. The molecule has 2 aliphatic rings. The van der Waals surface area contributed by atoms with E-state index in [1.165, 1.54) is 23.4 Å². The molecule has 2 aromatic heterocycles. The van der Waals surface area contributed by atoms with Gasteiger partial charge in [0.25, 0.3) is 0 Å². The van der Waals surface area contributed by atoms with Gasteiger partial charge in [-0.05, 0) is 12.8 Å². The fourth-order valence-corrected chi connectivity index (χ4v) is 3.59. The van der Waals surface area contributed by atoms with E-state index in [1.807, 2.05) is 0 Å². The van der Waals surface area contributed by atoms with Crippen LogP contribution in [-0.2, 0) is 19.6 Å². The van der Waals surface area contributed by atoms with Crippen molar-refractivity contribution in [3.05, 3.63) is 22.7 Å². The van der Waals surface area contributed by atoms with Gasteiger partial charge in [0.2, 0.25) is 0 Å². The number of hydrogen-bond acceptors (Lipinski definition) is 6. The highest BCUT2D eigenvalue weighted by atomic mass is 32.1. The van der Waals surface area contributed by atoms with Crippen LogP contribution in [0.3, 0.4) is 0 Å². The number of rotatable bonds is 3. The molecular weight excluding hydrogens is 260 g/mol. The Bertz CT molecular complexity index is 599. The molecule has 2 aromatic rings. The lowest BCUT2D eigenvalue weighted by Crippen LogP contribution is -2.33. The van der Waals surface area contributed by atoms with Crippen LogP contribution in [0.15, 0.2) is 6.33 Å². The van der Waals surface area contributed by atoms with Crippen LogP contribution >= 0.6 is 11.3 Å². The topological polar surface area (TPSA) is 72.9 Å². The van der Waals surface area contributed by atoms with Gasteiger partial charge >= 0.3 is 0 Å². The summed E-state index contributed by atoms with van der Waals surface area (Å²) in [6, 6.07) is 0. The molecule has 3 heterocycles. The standard InChI is InChI=1S/C12H16N6S/c13-5-9-11(8-1-2-8)15-12(19-9)17-3-4-18-7-14-16-10(18)6-17/h7-8H,1-6,13H2. The van der Waals surface area contributed by atoms with E-state index in [9.17, 15) is 0 Å². The third-order valence-electron chi connectivity index (χ3n) is 3.78. The van der Waals surface area contributed by atoms with E-state index in [-0.39, 0.29) is 0 Å². The molecule has 6 nitrogen and oxygen atoms in total. The molecule has 2 N–H and O–H groups in total. The summed E-state index contributed by atoms with van der Waals surface area (Å²) in [5.74, 6) is 1.68. The lowest BCUT2D eigenvalue weighted by atomic mass is 10.2. The molecule has 1 saturated carbocycles. The second-order valence-corrected chi connectivity index (χ2v) is 6.21. The smallest absolute Gasteiger partial charge is 0.186 e. The Balaban J connectivity index is 1.63. The summed E-state index contributed by atoms with van der Waals surface area (Å²) in [4.78, 5) is 8.38. The minimum Gasteiger partial charge on any atom is -0.339 e. The number of nitrogens with two attached hydrogens (primary N) is 1. The Morgan fingerprint density at radius 1 is 1.37 bits per heavy atom. The first kappa shape index (κ1) is 11.4. The molecule has 100 valence electrons. The maximum atomic E-state index is 5.84. The van der Waals surface area contributed by atoms with Gasteiger partial charge in [-0.3, -0.25) is 0 Å². The number of fused-ring (bicyclic) bond motifs is 1. The Morgan fingerprint density at radius 3 is 3.05 bits per heavy atom. The largest absolute Gasteiger partial charge is 0.339 e. The van der Waals surface area contributed by atoms with Gasteiger partial charge in [-0.25, -0.2) is 4.98 Å². The summed E-state index contributed by atoms with van der Waals surface area (Å²) in [6.45, 7) is 3.29. The van der Waals surface area contributed by atoms with Gasteiger partial charge in [-0.2, -0.15) is 0 Å². The van der Waals surface area contributed by atoms with E-state index in [1.54, 1.807) is 17.7 Å². The minimum atomic E-state index is 0.605. The van der Waals surface area contributed by atoms with Crippen molar-refractivity contribution in [2.24, 2.45) is 5.73 Å². The maximum absolute atomic E-state index is 5.84. The first-order chi connectivity index (χ1) is 9.35. The van der Waals surface area contributed by atoms with Crippen molar-refractivity contribution in [1.29, 1.82) is 0 Å². The molecule has 4 rings (SSSR count). The van der Waals surface area contributed by atoms with Gasteiger partial charge in [0.1, 0.15) is 6.33 Å². The van der Waals surface area contributed by atoms with Gasteiger partial charge in [-0.15, -0.1) is 21.5 Å². The third-order valence-corrected chi connectivity index (χ3v) is 4.93. The number of hydrogen-bond donors (Lipinski definition) is 1. The second kappa shape index (κ2) is 4.28. The molecule has 1 aliphatic heterocycles. The predicted octanol–water partition coefficient (Wildman–Crippen LogP) is 1.09. The van der Waals surface area contributed by atoms with Gasteiger partial charge in [-0.1, -0.05) is 0 Å². The zero-order valence-corrected chi connectivity index (χ0v) is 11.4. The fourth-order valence-electron chi connectivity index (χ4n) is 2.54. The number of nitrogens with zero attached hydrogens (tertiary/aromatic N) is 5.